The Morgan fingerprint density at radius 1 is 0.269 bits per heavy atom. The van der Waals surface area contributed by atoms with E-state index in [1.807, 2.05) is 0 Å². The Bertz CT molecular complexity index is 2030. The predicted octanol–water partition coefficient (Wildman–Crippen LogP) is 25.6. The minimum atomic E-state index is -4.97. The molecule has 0 fully saturated rings. The first-order valence-electron chi connectivity index (χ1n) is 43.7. The van der Waals surface area contributed by atoms with E-state index in [4.69, 9.17) is 37.0 Å². The van der Waals surface area contributed by atoms with Crippen molar-refractivity contribution in [3.05, 3.63) is 0 Å². The number of unbranched alkanes of at least 4 members (excludes halogenated alkanes) is 47. The van der Waals surface area contributed by atoms with Gasteiger partial charge in [-0.25, -0.2) is 9.13 Å². The van der Waals surface area contributed by atoms with E-state index >= 15 is 0 Å². The van der Waals surface area contributed by atoms with Gasteiger partial charge in [0.1, 0.15) is 19.3 Å². The minimum Gasteiger partial charge on any atom is -0.462 e. The van der Waals surface area contributed by atoms with Crippen molar-refractivity contribution in [2.24, 2.45) is 23.7 Å². The Kier molecular flexibility index (Phi) is 72.5. The van der Waals surface area contributed by atoms with Gasteiger partial charge in [-0.2, -0.15) is 0 Å². The molecule has 0 rings (SSSR count). The lowest BCUT2D eigenvalue weighted by molar-refractivity contribution is -0.161. The smallest absolute Gasteiger partial charge is 0.462 e. The summed E-state index contributed by atoms with van der Waals surface area (Å²) in [5, 5.41) is 10.7. The van der Waals surface area contributed by atoms with Crippen LogP contribution in [0.2, 0.25) is 0 Å². The number of phosphoric ester groups is 2. The summed E-state index contributed by atoms with van der Waals surface area (Å²) >= 11 is 0. The molecule has 0 aliphatic rings. The van der Waals surface area contributed by atoms with E-state index in [1.165, 1.54) is 238 Å². The van der Waals surface area contributed by atoms with Gasteiger partial charge in [-0.3, -0.25) is 37.3 Å². The van der Waals surface area contributed by atoms with Crippen molar-refractivity contribution in [3.8, 4) is 0 Å². The van der Waals surface area contributed by atoms with Crippen LogP contribution in [0.3, 0.4) is 0 Å². The van der Waals surface area contributed by atoms with Gasteiger partial charge < -0.3 is 33.8 Å². The lowest BCUT2D eigenvalue weighted by Gasteiger charge is -2.21. The Morgan fingerprint density at radius 3 is 0.683 bits per heavy atom. The molecule has 104 heavy (non-hydrogen) atoms. The Hall–Kier alpha value is -1.94. The molecule has 0 saturated carbocycles. The first-order chi connectivity index (χ1) is 50.1. The van der Waals surface area contributed by atoms with E-state index in [9.17, 15) is 43.2 Å². The second-order valence-electron chi connectivity index (χ2n) is 32.2. The molecule has 0 amide bonds. The number of aliphatic hydroxyl groups is 1. The number of ether oxygens (including phenoxy) is 4. The monoisotopic (exact) mass is 1520 g/mol. The number of carbonyl (C=O) groups excluding carboxylic acids is 4. The van der Waals surface area contributed by atoms with E-state index in [1.54, 1.807) is 0 Å². The summed E-state index contributed by atoms with van der Waals surface area (Å²) in [6.07, 6.45) is 62.7. The van der Waals surface area contributed by atoms with E-state index in [-0.39, 0.29) is 25.7 Å². The maximum atomic E-state index is 13.1. The van der Waals surface area contributed by atoms with Crippen LogP contribution in [0.15, 0.2) is 0 Å². The predicted molar refractivity (Wildman–Crippen MR) is 428 cm³/mol. The Balaban J connectivity index is 5.21. The van der Waals surface area contributed by atoms with Gasteiger partial charge in [0.2, 0.25) is 0 Å². The van der Waals surface area contributed by atoms with E-state index in [2.05, 4.69) is 55.4 Å². The lowest BCUT2D eigenvalue weighted by Crippen LogP contribution is -2.30. The van der Waals surface area contributed by atoms with Crippen molar-refractivity contribution in [2.75, 3.05) is 39.6 Å². The van der Waals surface area contributed by atoms with Crippen LogP contribution in [0.1, 0.15) is 441 Å². The number of esters is 4. The van der Waals surface area contributed by atoms with Crippen molar-refractivity contribution in [1.82, 2.24) is 0 Å². The molecule has 3 N–H and O–H groups in total. The van der Waals surface area contributed by atoms with E-state index < -0.39 is 97.5 Å². The zero-order valence-electron chi connectivity index (χ0n) is 68.7. The third-order valence-corrected chi connectivity index (χ3v) is 22.1. The van der Waals surface area contributed by atoms with Gasteiger partial charge in [-0.05, 0) is 49.4 Å². The average Bonchev–Trinajstić information content (AvgIpc) is 0.904. The third-order valence-electron chi connectivity index (χ3n) is 20.2. The molecule has 17 nitrogen and oxygen atoms in total. The largest absolute Gasteiger partial charge is 0.472 e. The van der Waals surface area contributed by atoms with E-state index in [0.717, 1.165) is 120 Å². The van der Waals surface area contributed by atoms with Crippen molar-refractivity contribution >= 4 is 39.5 Å². The second kappa shape index (κ2) is 73.8. The molecular weight excluding hydrogens is 1350 g/mol. The van der Waals surface area contributed by atoms with Crippen LogP contribution in [-0.2, 0) is 65.4 Å². The second-order valence-corrected chi connectivity index (χ2v) is 35.2. The highest BCUT2D eigenvalue weighted by Crippen LogP contribution is 2.45. The summed E-state index contributed by atoms with van der Waals surface area (Å²) in [5.41, 5.74) is 0. The molecule has 0 spiro atoms. The van der Waals surface area contributed by atoms with E-state index in [0.29, 0.717) is 25.7 Å². The van der Waals surface area contributed by atoms with Gasteiger partial charge in [0.15, 0.2) is 12.2 Å². The standard InChI is InChI=1S/C85H166O17P2/c1-9-78(8)64-56-48-43-44-50-58-66-83(88)96-72-81(102-85(90)68-60-52-42-36-30-33-39-47-55-63-77(6)7)74-100-104(93,94)98-70-79(86)69-97-103(91,92)99-73-80(101-84(89)67-59-51-41-35-29-25-21-17-13-11-15-19-23-27-32-38-46-54-62-76(4)5)71-95-82(87)65-57-49-40-34-28-24-20-16-12-10-14-18-22-26-31-37-45-53-61-75(2)3/h75-81,86H,9-74H2,1-8H3,(H,91,92)(H,93,94)/t78?,79-,80-,81-/m1/s1. The maximum absolute atomic E-state index is 13.1. The number of rotatable bonds is 82. The molecule has 0 radical (unpaired) electrons. The van der Waals surface area contributed by atoms with Crippen LogP contribution in [0.5, 0.6) is 0 Å². The van der Waals surface area contributed by atoms with Gasteiger partial charge in [0.25, 0.3) is 0 Å². The van der Waals surface area contributed by atoms with Crippen LogP contribution in [-0.4, -0.2) is 96.7 Å². The maximum Gasteiger partial charge on any atom is 0.472 e. The molecule has 0 aliphatic heterocycles. The molecule has 0 bridgehead atoms. The molecule has 618 valence electrons. The first-order valence-corrected chi connectivity index (χ1v) is 46.7. The van der Waals surface area contributed by atoms with Crippen LogP contribution in [0.4, 0.5) is 0 Å². The normalized spacial score (nSPS) is 14.2. The molecule has 6 atom stereocenters. The zero-order valence-corrected chi connectivity index (χ0v) is 70.5. The van der Waals surface area contributed by atoms with Gasteiger partial charge in [0, 0.05) is 25.7 Å². The molecule has 0 aromatic carbocycles. The molecule has 3 unspecified atom stereocenters. The van der Waals surface area contributed by atoms with Gasteiger partial charge in [-0.1, -0.05) is 389 Å². The molecular formula is C85H166O17P2. The summed E-state index contributed by atoms with van der Waals surface area (Å²) in [5.74, 6) is 0.999. The van der Waals surface area contributed by atoms with Gasteiger partial charge >= 0.3 is 39.5 Å². The first kappa shape index (κ1) is 102. The molecule has 0 aliphatic carbocycles. The summed E-state index contributed by atoms with van der Waals surface area (Å²) in [6.45, 7) is 14.3. The Labute approximate surface area is 638 Å². The molecule has 0 aromatic heterocycles. The molecule has 0 saturated heterocycles. The number of hydrogen-bond acceptors (Lipinski definition) is 15. The van der Waals surface area contributed by atoms with Crippen LogP contribution in [0, 0.1) is 23.7 Å². The Morgan fingerprint density at radius 2 is 0.462 bits per heavy atom. The van der Waals surface area contributed by atoms with Crippen molar-refractivity contribution in [1.29, 1.82) is 0 Å². The summed E-state index contributed by atoms with van der Waals surface area (Å²) < 4.78 is 68.8. The third kappa shape index (κ3) is 76.8. The lowest BCUT2D eigenvalue weighted by atomic mass is 10.00. The zero-order chi connectivity index (χ0) is 76.7. The fourth-order valence-electron chi connectivity index (χ4n) is 13.1. The summed E-state index contributed by atoms with van der Waals surface area (Å²) in [4.78, 5) is 73.1. The molecule has 19 heteroatoms. The number of aliphatic hydroxyl groups excluding tert-OH is 1. The summed E-state index contributed by atoms with van der Waals surface area (Å²) in [6, 6.07) is 0. The topological polar surface area (TPSA) is 237 Å². The highest BCUT2D eigenvalue weighted by Gasteiger charge is 2.30. The summed E-state index contributed by atoms with van der Waals surface area (Å²) in [7, 11) is -9.93. The van der Waals surface area contributed by atoms with Crippen LogP contribution >= 0.6 is 15.6 Å². The highest BCUT2D eigenvalue weighted by molar-refractivity contribution is 7.47. The van der Waals surface area contributed by atoms with Crippen molar-refractivity contribution < 1.29 is 80.2 Å². The van der Waals surface area contributed by atoms with Crippen molar-refractivity contribution in [2.45, 2.75) is 459 Å². The molecule has 0 aromatic rings. The van der Waals surface area contributed by atoms with Gasteiger partial charge in [0.05, 0.1) is 26.4 Å². The SMILES string of the molecule is CCC(C)CCCCCCCCC(=O)OC[C@H](COP(=O)(O)OC[C@H](O)COP(=O)(O)OC[C@@H](COC(=O)CCCCCCCCCCCCCCCCCCCCC(C)C)OC(=O)CCCCCCCCCCCCCCCCCCCCC(C)C)OC(=O)CCCCCCCCCCCC(C)C. The fraction of sp³-hybridized carbons (Fsp3) is 0.953. The van der Waals surface area contributed by atoms with Crippen molar-refractivity contribution in [3.63, 3.8) is 0 Å². The fourth-order valence-corrected chi connectivity index (χ4v) is 14.7. The number of phosphoric acid groups is 2. The average molecular weight is 1520 g/mol. The van der Waals surface area contributed by atoms with Gasteiger partial charge in [-0.15, -0.1) is 0 Å². The number of carbonyl (C=O) groups is 4. The number of hydrogen-bond donors (Lipinski definition) is 3. The van der Waals surface area contributed by atoms with Crippen LogP contribution < -0.4 is 0 Å². The highest BCUT2D eigenvalue weighted by atomic mass is 31.2. The van der Waals surface area contributed by atoms with Crippen LogP contribution in [0.25, 0.3) is 0 Å². The molecule has 0 heterocycles. The minimum absolute atomic E-state index is 0.104. The quantitative estimate of drug-likeness (QED) is 0.0222.